The second-order valence-electron chi connectivity index (χ2n) is 10.2. The number of hydrogen-bond acceptors (Lipinski definition) is 8. The smallest absolute Gasteiger partial charge is 0.408 e. The zero-order valence-corrected chi connectivity index (χ0v) is 23.9. The molecule has 2 heterocycles. The van der Waals surface area contributed by atoms with Gasteiger partial charge in [-0.05, 0) is 23.8 Å². The van der Waals surface area contributed by atoms with E-state index in [-0.39, 0.29) is 35.7 Å². The zero-order chi connectivity index (χ0) is 29.1. The van der Waals surface area contributed by atoms with Gasteiger partial charge in [-0.3, -0.25) is 14.4 Å². The van der Waals surface area contributed by atoms with Crippen LogP contribution in [0.3, 0.4) is 0 Å². The average molecular weight is 569 g/mol. The number of carbonyl (C=O) groups is 4. The second-order valence-corrected chi connectivity index (χ2v) is 11.1. The standard InChI is InChI=1S/C28H36N6O5S/c1-17(2)12-22(25(36)32-21(13-20-14-29-16-31-20)24(35)27-30-10-11-40-27)33-26(37)23(18(3)4)34-28(38)39-15-19-8-6-5-7-9-19/h5-11,14,16-18,21-23H,12-13,15H2,1-4H3,(H,29,31)(H,32,36)(H,33,37)(H,34,38)/t21-,22-,23-/m0/s1. The Morgan fingerprint density at radius 1 is 0.975 bits per heavy atom. The van der Waals surface area contributed by atoms with Gasteiger partial charge in [-0.2, -0.15) is 0 Å². The quantitative estimate of drug-likeness (QED) is 0.218. The van der Waals surface area contributed by atoms with Crippen molar-refractivity contribution in [1.82, 2.24) is 30.9 Å². The molecule has 0 radical (unpaired) electrons. The molecule has 0 bridgehead atoms. The monoisotopic (exact) mass is 568 g/mol. The maximum atomic E-state index is 13.5. The number of Topliss-reactive ketones (excluding diaryl/α,β-unsaturated/α-hetero) is 1. The molecule has 11 nitrogen and oxygen atoms in total. The fraction of sp³-hybridized carbons (Fsp3) is 0.429. The highest BCUT2D eigenvalue weighted by atomic mass is 32.1. The highest BCUT2D eigenvalue weighted by molar-refractivity contribution is 7.11. The SMILES string of the molecule is CC(C)C[C@H](NC(=O)[C@@H](NC(=O)OCc1ccccc1)C(C)C)C(=O)N[C@@H](Cc1cnc[nH]1)C(=O)c1nccs1. The van der Waals surface area contributed by atoms with Crippen LogP contribution in [0.5, 0.6) is 0 Å². The van der Waals surface area contributed by atoms with Crippen molar-refractivity contribution in [3.63, 3.8) is 0 Å². The molecule has 0 aliphatic carbocycles. The number of thiazole rings is 1. The van der Waals surface area contributed by atoms with Gasteiger partial charge in [0.1, 0.15) is 24.7 Å². The topological polar surface area (TPSA) is 155 Å². The Morgan fingerprint density at radius 2 is 1.70 bits per heavy atom. The number of aromatic amines is 1. The van der Waals surface area contributed by atoms with E-state index in [4.69, 9.17) is 4.74 Å². The predicted octanol–water partition coefficient (Wildman–Crippen LogP) is 3.26. The molecule has 0 aliphatic heterocycles. The Labute approximate surface area is 237 Å². The van der Waals surface area contributed by atoms with Crippen molar-refractivity contribution in [2.24, 2.45) is 11.8 Å². The third kappa shape index (κ3) is 9.30. The van der Waals surface area contributed by atoms with Gasteiger partial charge >= 0.3 is 6.09 Å². The Balaban J connectivity index is 1.69. The van der Waals surface area contributed by atoms with Crippen molar-refractivity contribution >= 4 is 35.0 Å². The average Bonchev–Trinajstić information content (AvgIpc) is 3.64. The van der Waals surface area contributed by atoms with E-state index >= 15 is 0 Å². The Bertz CT molecular complexity index is 1230. The summed E-state index contributed by atoms with van der Waals surface area (Å²) in [5, 5.41) is 10.2. The fourth-order valence-electron chi connectivity index (χ4n) is 3.98. The maximum absolute atomic E-state index is 13.5. The number of imidazole rings is 1. The molecule has 3 aromatic rings. The molecule has 0 aliphatic rings. The molecule has 40 heavy (non-hydrogen) atoms. The van der Waals surface area contributed by atoms with Crippen molar-refractivity contribution in [2.45, 2.75) is 65.3 Å². The van der Waals surface area contributed by atoms with Crippen LogP contribution in [0.4, 0.5) is 4.79 Å². The maximum Gasteiger partial charge on any atom is 0.408 e. The van der Waals surface area contributed by atoms with Gasteiger partial charge < -0.3 is 25.7 Å². The molecule has 12 heteroatoms. The van der Waals surface area contributed by atoms with Gasteiger partial charge in [0.25, 0.3) is 0 Å². The molecule has 0 fully saturated rings. The third-order valence-corrected chi connectivity index (χ3v) is 6.82. The molecular weight excluding hydrogens is 532 g/mol. The van der Waals surface area contributed by atoms with E-state index in [0.717, 1.165) is 5.56 Å². The van der Waals surface area contributed by atoms with Gasteiger partial charge in [0, 0.05) is 29.9 Å². The van der Waals surface area contributed by atoms with Crippen LogP contribution >= 0.6 is 11.3 Å². The van der Waals surface area contributed by atoms with Crippen LogP contribution in [0, 0.1) is 11.8 Å². The zero-order valence-electron chi connectivity index (χ0n) is 23.0. The van der Waals surface area contributed by atoms with Crippen molar-refractivity contribution in [1.29, 1.82) is 0 Å². The summed E-state index contributed by atoms with van der Waals surface area (Å²) in [7, 11) is 0. The van der Waals surface area contributed by atoms with Crippen molar-refractivity contribution < 1.29 is 23.9 Å². The van der Waals surface area contributed by atoms with Crippen LogP contribution in [-0.2, 0) is 27.4 Å². The minimum absolute atomic E-state index is 0.0538. The first-order valence-corrected chi connectivity index (χ1v) is 14.0. The van der Waals surface area contributed by atoms with Gasteiger partial charge in [-0.15, -0.1) is 11.3 Å². The third-order valence-electron chi connectivity index (χ3n) is 6.03. The minimum atomic E-state index is -0.941. The van der Waals surface area contributed by atoms with Crippen molar-refractivity contribution in [3.8, 4) is 0 Å². The molecular formula is C28H36N6O5S. The van der Waals surface area contributed by atoms with Crippen LogP contribution < -0.4 is 16.0 Å². The number of amides is 3. The molecule has 3 rings (SSSR count). The van der Waals surface area contributed by atoms with Crippen molar-refractivity contribution in [2.75, 3.05) is 0 Å². The molecule has 2 aromatic heterocycles. The number of ketones is 1. The number of nitrogens with one attached hydrogen (secondary N) is 4. The highest BCUT2D eigenvalue weighted by Gasteiger charge is 2.32. The lowest BCUT2D eigenvalue weighted by molar-refractivity contribution is -0.131. The minimum Gasteiger partial charge on any atom is -0.445 e. The van der Waals surface area contributed by atoms with Crippen LogP contribution in [0.1, 0.15) is 55.2 Å². The first-order chi connectivity index (χ1) is 19.1. The van der Waals surface area contributed by atoms with E-state index in [0.29, 0.717) is 12.1 Å². The largest absolute Gasteiger partial charge is 0.445 e. The molecule has 4 N–H and O–H groups in total. The first kappa shape index (κ1) is 30.5. The summed E-state index contributed by atoms with van der Waals surface area (Å²) in [5.74, 6) is -1.60. The first-order valence-electron chi connectivity index (χ1n) is 13.1. The number of alkyl carbamates (subject to hydrolysis) is 1. The van der Waals surface area contributed by atoms with Crippen LogP contribution in [0.2, 0.25) is 0 Å². The molecule has 3 amide bonds. The molecule has 214 valence electrons. The number of ether oxygens (including phenoxy) is 1. The molecule has 0 saturated heterocycles. The fourth-order valence-corrected chi connectivity index (χ4v) is 4.61. The molecule has 0 saturated carbocycles. The van der Waals surface area contributed by atoms with Gasteiger partial charge in [-0.25, -0.2) is 14.8 Å². The van der Waals surface area contributed by atoms with Gasteiger partial charge in [-0.1, -0.05) is 58.0 Å². The molecule has 0 spiro atoms. The summed E-state index contributed by atoms with van der Waals surface area (Å²) >= 11 is 1.18. The van der Waals surface area contributed by atoms with E-state index < -0.39 is 36.0 Å². The van der Waals surface area contributed by atoms with E-state index in [1.54, 1.807) is 25.4 Å². The molecule has 0 unspecified atom stereocenters. The van der Waals surface area contributed by atoms with Crippen LogP contribution in [0.25, 0.3) is 0 Å². The highest BCUT2D eigenvalue weighted by Crippen LogP contribution is 2.13. The number of H-pyrrole nitrogens is 1. The number of rotatable bonds is 14. The summed E-state index contributed by atoms with van der Waals surface area (Å²) in [6, 6.07) is 6.39. The number of hydrogen-bond donors (Lipinski definition) is 4. The lowest BCUT2D eigenvalue weighted by Crippen LogP contribution is -2.57. The summed E-state index contributed by atoms with van der Waals surface area (Å²) in [6.07, 6.45) is 4.36. The van der Waals surface area contributed by atoms with Crippen molar-refractivity contribution in [3.05, 3.63) is 70.7 Å². The summed E-state index contributed by atoms with van der Waals surface area (Å²) in [5.41, 5.74) is 1.48. The van der Waals surface area contributed by atoms with E-state index in [1.165, 1.54) is 23.9 Å². The lowest BCUT2D eigenvalue weighted by Gasteiger charge is -2.27. The van der Waals surface area contributed by atoms with Crippen LogP contribution in [-0.4, -0.2) is 56.8 Å². The molecule has 1 aromatic carbocycles. The lowest BCUT2D eigenvalue weighted by atomic mass is 9.99. The van der Waals surface area contributed by atoms with E-state index in [9.17, 15) is 19.2 Å². The van der Waals surface area contributed by atoms with Gasteiger partial charge in [0.2, 0.25) is 17.6 Å². The number of aromatic nitrogens is 3. The number of nitrogens with zero attached hydrogens (tertiary/aromatic N) is 2. The van der Waals surface area contributed by atoms with Crippen LogP contribution in [0.15, 0.2) is 54.4 Å². The normalized spacial score (nSPS) is 13.3. The van der Waals surface area contributed by atoms with E-state index in [1.807, 2.05) is 44.2 Å². The molecule has 3 atom stereocenters. The van der Waals surface area contributed by atoms with E-state index in [2.05, 4.69) is 30.9 Å². The summed E-state index contributed by atoms with van der Waals surface area (Å²) < 4.78 is 5.28. The Kier molecular flexibility index (Phi) is 11.4. The Hall–Kier alpha value is -4.06. The van der Waals surface area contributed by atoms with Gasteiger partial charge in [0.15, 0.2) is 5.01 Å². The van der Waals surface area contributed by atoms with Gasteiger partial charge in [0.05, 0.1) is 6.33 Å². The predicted molar refractivity (Wildman–Crippen MR) is 150 cm³/mol. The summed E-state index contributed by atoms with van der Waals surface area (Å²) in [6.45, 7) is 7.48. The number of benzene rings is 1. The Morgan fingerprint density at radius 3 is 2.30 bits per heavy atom. The summed E-state index contributed by atoms with van der Waals surface area (Å²) in [4.78, 5) is 63.4. The number of carbonyl (C=O) groups excluding carboxylic acids is 4. The second kappa shape index (κ2) is 14.9.